The van der Waals surface area contributed by atoms with Gasteiger partial charge < -0.3 is 19.7 Å². The van der Waals surface area contributed by atoms with Crippen LogP contribution in [-0.2, 0) is 20.0 Å². The molecule has 0 bridgehead atoms. The second-order valence-corrected chi connectivity index (χ2v) is 7.16. The molecular weight excluding hydrogens is 396 g/mol. The van der Waals surface area contributed by atoms with Gasteiger partial charge in [0.15, 0.2) is 0 Å². The minimum absolute atomic E-state index is 0.0620. The zero-order chi connectivity index (χ0) is 21.8. The number of hydrogen-bond donors (Lipinski definition) is 2. The maximum atomic E-state index is 12.4. The Morgan fingerprint density at radius 3 is 2.71 bits per heavy atom. The lowest BCUT2D eigenvalue weighted by Crippen LogP contribution is -2.27. The Balaban J connectivity index is 1.31. The first kappa shape index (κ1) is 20.5. The second kappa shape index (κ2) is 8.97. The number of carbonyl (C=O) groups is 1. The van der Waals surface area contributed by atoms with Gasteiger partial charge in [0.2, 0.25) is 5.82 Å². The summed E-state index contributed by atoms with van der Waals surface area (Å²) in [6, 6.07) is 15.0. The smallest absolute Gasteiger partial charge is 0.290 e. The minimum Gasteiger partial charge on any atom is -0.497 e. The van der Waals surface area contributed by atoms with Crippen LogP contribution < -0.4 is 10.1 Å². The largest absolute Gasteiger partial charge is 0.497 e. The lowest BCUT2D eigenvalue weighted by molar-refractivity contribution is 0.0941. The zero-order valence-corrected chi connectivity index (χ0v) is 17.4. The number of carbonyl (C=O) groups excluding carboxylic acids is 1. The number of rotatable bonds is 8. The standard InChI is InChI=1S/C22H24N6O3/c1-27-18-6-4-3-5-17(18)25-20(27)11-12-23-22(30)21-24-14-28(26-21)13-19(29)15-7-9-16(31-2)10-8-15/h3-10,14,19,29H,11-13H2,1-2H3,(H,23,30)/t19-/m0/s1. The fraction of sp³-hybridized carbons (Fsp3) is 0.273. The Morgan fingerprint density at radius 1 is 1.19 bits per heavy atom. The summed E-state index contributed by atoms with van der Waals surface area (Å²) in [7, 11) is 3.55. The van der Waals surface area contributed by atoms with Crippen molar-refractivity contribution in [2.45, 2.75) is 19.1 Å². The molecule has 2 heterocycles. The number of nitrogens with one attached hydrogen (secondary N) is 1. The molecule has 0 saturated carbocycles. The first-order chi connectivity index (χ1) is 15.0. The van der Waals surface area contributed by atoms with Gasteiger partial charge in [-0.05, 0) is 29.8 Å². The molecule has 0 fully saturated rings. The van der Waals surface area contributed by atoms with Gasteiger partial charge in [-0.2, -0.15) is 0 Å². The van der Waals surface area contributed by atoms with Crippen LogP contribution in [0, 0.1) is 0 Å². The van der Waals surface area contributed by atoms with Crippen LogP contribution in [0.3, 0.4) is 0 Å². The third kappa shape index (κ3) is 4.56. The van der Waals surface area contributed by atoms with Crippen molar-refractivity contribution < 1.29 is 14.6 Å². The Bertz CT molecular complexity index is 1180. The van der Waals surface area contributed by atoms with E-state index in [1.54, 1.807) is 31.4 Å². The van der Waals surface area contributed by atoms with Crippen molar-refractivity contribution in [3.63, 3.8) is 0 Å². The van der Waals surface area contributed by atoms with Crippen LogP contribution in [-0.4, -0.2) is 49.0 Å². The van der Waals surface area contributed by atoms with E-state index in [1.807, 2.05) is 35.9 Å². The highest BCUT2D eigenvalue weighted by atomic mass is 16.5. The third-order valence-corrected chi connectivity index (χ3v) is 5.11. The van der Waals surface area contributed by atoms with Crippen LogP contribution in [0.5, 0.6) is 5.75 Å². The molecule has 31 heavy (non-hydrogen) atoms. The number of amides is 1. The lowest BCUT2D eigenvalue weighted by Gasteiger charge is -2.11. The first-order valence-corrected chi connectivity index (χ1v) is 9.95. The highest BCUT2D eigenvalue weighted by molar-refractivity contribution is 5.90. The van der Waals surface area contributed by atoms with Gasteiger partial charge in [0, 0.05) is 20.0 Å². The van der Waals surface area contributed by atoms with E-state index in [2.05, 4.69) is 20.4 Å². The van der Waals surface area contributed by atoms with Crippen LogP contribution in [0.2, 0.25) is 0 Å². The van der Waals surface area contributed by atoms with Gasteiger partial charge in [-0.15, -0.1) is 5.10 Å². The highest BCUT2D eigenvalue weighted by Crippen LogP contribution is 2.19. The number of hydrogen-bond acceptors (Lipinski definition) is 6. The Labute approximate surface area is 179 Å². The molecule has 9 nitrogen and oxygen atoms in total. The number of benzene rings is 2. The molecule has 2 aromatic carbocycles. The van der Waals surface area contributed by atoms with E-state index >= 15 is 0 Å². The van der Waals surface area contributed by atoms with Crippen molar-refractivity contribution in [1.82, 2.24) is 29.6 Å². The normalized spacial score (nSPS) is 12.1. The van der Waals surface area contributed by atoms with Crippen molar-refractivity contribution in [3.8, 4) is 5.75 Å². The molecule has 160 valence electrons. The van der Waals surface area contributed by atoms with Crippen LogP contribution in [0.4, 0.5) is 0 Å². The topological polar surface area (TPSA) is 107 Å². The van der Waals surface area contributed by atoms with Crippen molar-refractivity contribution in [1.29, 1.82) is 0 Å². The Kier molecular flexibility index (Phi) is 5.94. The number of aryl methyl sites for hydroxylation is 1. The SMILES string of the molecule is COc1ccc([C@@H](O)Cn2cnc(C(=O)NCCc3nc4ccccc4n3C)n2)cc1. The molecule has 4 aromatic rings. The molecular formula is C22H24N6O3. The summed E-state index contributed by atoms with van der Waals surface area (Å²) >= 11 is 0. The number of methoxy groups -OCH3 is 1. The maximum absolute atomic E-state index is 12.4. The molecule has 2 aromatic heterocycles. The van der Waals surface area contributed by atoms with Crippen molar-refractivity contribution in [2.24, 2.45) is 7.05 Å². The van der Waals surface area contributed by atoms with Crippen molar-refractivity contribution >= 4 is 16.9 Å². The predicted molar refractivity (Wildman–Crippen MR) is 115 cm³/mol. The number of fused-ring (bicyclic) bond motifs is 1. The van der Waals surface area contributed by atoms with Gasteiger partial charge in [0.05, 0.1) is 30.8 Å². The molecule has 2 N–H and O–H groups in total. The van der Waals surface area contributed by atoms with Gasteiger partial charge in [-0.3, -0.25) is 4.79 Å². The number of aliphatic hydroxyl groups is 1. The molecule has 0 spiro atoms. The van der Waals surface area contributed by atoms with Crippen LogP contribution in [0.25, 0.3) is 11.0 Å². The molecule has 0 unspecified atom stereocenters. The van der Waals surface area contributed by atoms with Gasteiger partial charge in [-0.1, -0.05) is 24.3 Å². The van der Waals surface area contributed by atoms with Crippen LogP contribution in [0.1, 0.15) is 28.1 Å². The lowest BCUT2D eigenvalue weighted by atomic mass is 10.1. The Hall–Kier alpha value is -3.72. The molecule has 1 amide bonds. The summed E-state index contributed by atoms with van der Waals surface area (Å²) in [5, 5.41) is 17.4. The monoisotopic (exact) mass is 420 g/mol. The van der Waals surface area contributed by atoms with Crippen LogP contribution in [0.15, 0.2) is 54.9 Å². The zero-order valence-electron chi connectivity index (χ0n) is 17.4. The molecule has 0 radical (unpaired) electrons. The van der Waals surface area contributed by atoms with Gasteiger partial charge in [0.1, 0.15) is 17.9 Å². The van der Waals surface area contributed by atoms with E-state index in [9.17, 15) is 9.90 Å². The van der Waals surface area contributed by atoms with E-state index < -0.39 is 6.10 Å². The molecule has 0 aliphatic heterocycles. The van der Waals surface area contributed by atoms with Crippen molar-refractivity contribution in [3.05, 3.63) is 72.1 Å². The second-order valence-electron chi connectivity index (χ2n) is 7.16. The number of nitrogens with zero attached hydrogens (tertiary/aromatic N) is 5. The quantitative estimate of drug-likeness (QED) is 0.451. The van der Waals surface area contributed by atoms with E-state index in [-0.39, 0.29) is 18.3 Å². The summed E-state index contributed by atoms with van der Waals surface area (Å²) < 4.78 is 8.60. The number of aliphatic hydroxyl groups excluding tert-OH is 1. The molecule has 1 atom stereocenters. The molecule has 0 aliphatic rings. The number of para-hydroxylation sites is 2. The fourth-order valence-corrected chi connectivity index (χ4v) is 3.38. The molecule has 9 heteroatoms. The van der Waals surface area contributed by atoms with Gasteiger partial charge in [-0.25, -0.2) is 14.6 Å². The first-order valence-electron chi connectivity index (χ1n) is 9.95. The average Bonchev–Trinajstić information content (AvgIpc) is 3.38. The average molecular weight is 420 g/mol. The minimum atomic E-state index is -0.777. The summed E-state index contributed by atoms with van der Waals surface area (Å²) in [6.45, 7) is 0.603. The van der Waals surface area contributed by atoms with Crippen molar-refractivity contribution in [2.75, 3.05) is 13.7 Å². The third-order valence-electron chi connectivity index (χ3n) is 5.11. The van der Waals surface area contributed by atoms with E-state index in [1.165, 1.54) is 11.0 Å². The van der Waals surface area contributed by atoms with Gasteiger partial charge in [0.25, 0.3) is 5.91 Å². The molecule has 4 rings (SSSR count). The van der Waals surface area contributed by atoms with Gasteiger partial charge >= 0.3 is 0 Å². The summed E-state index contributed by atoms with van der Waals surface area (Å²) in [5.74, 6) is 1.31. The summed E-state index contributed by atoms with van der Waals surface area (Å²) in [5.41, 5.74) is 2.71. The summed E-state index contributed by atoms with van der Waals surface area (Å²) in [4.78, 5) is 21.0. The summed E-state index contributed by atoms with van der Waals surface area (Å²) in [6.07, 6.45) is 1.25. The Morgan fingerprint density at radius 2 is 1.97 bits per heavy atom. The van der Waals surface area contributed by atoms with E-state index in [0.29, 0.717) is 18.7 Å². The highest BCUT2D eigenvalue weighted by Gasteiger charge is 2.15. The number of aromatic nitrogens is 5. The fourth-order valence-electron chi connectivity index (χ4n) is 3.38. The molecule has 0 aliphatic carbocycles. The van der Waals surface area contributed by atoms with E-state index in [4.69, 9.17) is 4.74 Å². The number of ether oxygens (including phenoxy) is 1. The number of imidazole rings is 1. The molecule has 0 saturated heterocycles. The van der Waals surface area contributed by atoms with E-state index in [0.717, 1.165) is 22.4 Å². The maximum Gasteiger partial charge on any atom is 0.290 e. The predicted octanol–water partition coefficient (Wildman–Crippen LogP) is 1.88. The van der Waals surface area contributed by atoms with Crippen LogP contribution >= 0.6 is 0 Å².